The molecule has 0 bridgehead atoms. The molecule has 2 amide bonds. The molecule has 0 spiro atoms. The molecular weight excluding hydrogens is 352 g/mol. The molecule has 0 unspecified atom stereocenters. The lowest BCUT2D eigenvalue weighted by Gasteiger charge is -2.37. The van der Waals surface area contributed by atoms with Gasteiger partial charge in [-0.3, -0.25) is 14.5 Å². The highest BCUT2D eigenvalue weighted by molar-refractivity contribution is 5.98. The van der Waals surface area contributed by atoms with Gasteiger partial charge in [0, 0.05) is 61.9 Å². The van der Waals surface area contributed by atoms with E-state index in [1.807, 2.05) is 47.3 Å². The number of carbonyl (C=O) groups is 2. The Morgan fingerprint density at radius 1 is 1.07 bits per heavy atom. The van der Waals surface area contributed by atoms with Crippen LogP contribution in [0.3, 0.4) is 0 Å². The van der Waals surface area contributed by atoms with Gasteiger partial charge in [-0.2, -0.15) is 0 Å². The molecule has 1 N–H and O–H groups in total. The minimum atomic E-state index is 0.0772. The molecule has 0 atom stereocenters. The maximum Gasteiger partial charge on any atom is 0.253 e. The third-order valence-corrected chi connectivity index (χ3v) is 6.33. The SMILES string of the molecule is CN(C(=O)CN1CCN(C(=O)c2ccc3[nH]ccc3c2)CC1)C1CCCCC1. The maximum absolute atomic E-state index is 12.8. The van der Waals surface area contributed by atoms with Gasteiger partial charge in [0.15, 0.2) is 0 Å². The average molecular weight is 383 g/mol. The van der Waals surface area contributed by atoms with Gasteiger partial charge in [0.1, 0.15) is 0 Å². The Kier molecular flexibility index (Phi) is 5.67. The number of aromatic nitrogens is 1. The van der Waals surface area contributed by atoms with Gasteiger partial charge in [0.25, 0.3) is 5.91 Å². The van der Waals surface area contributed by atoms with Crippen LogP contribution in [-0.4, -0.2) is 77.3 Å². The van der Waals surface area contributed by atoms with Crippen LogP contribution in [-0.2, 0) is 4.79 Å². The van der Waals surface area contributed by atoms with Gasteiger partial charge in [-0.25, -0.2) is 0 Å². The van der Waals surface area contributed by atoms with E-state index in [1.54, 1.807) is 0 Å². The Labute approximate surface area is 166 Å². The Morgan fingerprint density at radius 2 is 1.82 bits per heavy atom. The second-order valence-electron chi connectivity index (χ2n) is 8.14. The topological polar surface area (TPSA) is 59.7 Å². The summed E-state index contributed by atoms with van der Waals surface area (Å²) >= 11 is 0. The standard InChI is InChI=1S/C22H30N4O2/c1-24(19-5-3-2-4-6-19)21(27)16-25-11-13-26(14-12-25)22(28)18-7-8-20-17(15-18)9-10-23-20/h7-10,15,19,23H,2-6,11-14,16H2,1H3. The Balaban J connectivity index is 1.29. The first kappa shape index (κ1) is 19.0. The number of likely N-dealkylation sites (N-methyl/N-ethyl adjacent to an activating group) is 1. The minimum Gasteiger partial charge on any atom is -0.361 e. The van der Waals surface area contributed by atoms with Crippen LogP contribution in [0, 0.1) is 0 Å². The molecule has 1 aromatic carbocycles. The molecule has 2 heterocycles. The second kappa shape index (κ2) is 8.35. The molecule has 6 nitrogen and oxygen atoms in total. The number of fused-ring (bicyclic) bond motifs is 1. The zero-order valence-corrected chi connectivity index (χ0v) is 16.7. The molecule has 1 aliphatic heterocycles. The molecule has 2 fully saturated rings. The van der Waals surface area contributed by atoms with Crippen molar-refractivity contribution in [3.8, 4) is 0 Å². The fourth-order valence-corrected chi connectivity index (χ4v) is 4.45. The van der Waals surface area contributed by atoms with Crippen LogP contribution in [0.15, 0.2) is 30.5 Å². The van der Waals surface area contributed by atoms with Crippen LogP contribution in [0.5, 0.6) is 0 Å². The number of aromatic amines is 1. The van der Waals surface area contributed by atoms with Crippen molar-refractivity contribution in [1.82, 2.24) is 19.7 Å². The van der Waals surface area contributed by atoms with Gasteiger partial charge in [0.05, 0.1) is 6.54 Å². The van der Waals surface area contributed by atoms with Crippen molar-refractivity contribution in [3.63, 3.8) is 0 Å². The van der Waals surface area contributed by atoms with Crippen molar-refractivity contribution in [1.29, 1.82) is 0 Å². The molecule has 0 radical (unpaired) electrons. The minimum absolute atomic E-state index is 0.0772. The fourth-order valence-electron chi connectivity index (χ4n) is 4.45. The molecule has 1 saturated carbocycles. The predicted molar refractivity (Wildman–Crippen MR) is 110 cm³/mol. The van der Waals surface area contributed by atoms with Crippen LogP contribution < -0.4 is 0 Å². The van der Waals surface area contributed by atoms with Crippen molar-refractivity contribution in [2.24, 2.45) is 0 Å². The van der Waals surface area contributed by atoms with Crippen LogP contribution in [0.1, 0.15) is 42.5 Å². The molecule has 2 aliphatic rings. The third-order valence-electron chi connectivity index (χ3n) is 6.33. The molecule has 1 saturated heterocycles. The summed E-state index contributed by atoms with van der Waals surface area (Å²) in [6.07, 6.45) is 7.92. The van der Waals surface area contributed by atoms with Crippen LogP contribution in [0.4, 0.5) is 0 Å². The third kappa shape index (κ3) is 4.07. The van der Waals surface area contributed by atoms with Gasteiger partial charge >= 0.3 is 0 Å². The van der Waals surface area contributed by atoms with E-state index in [4.69, 9.17) is 0 Å². The summed E-state index contributed by atoms with van der Waals surface area (Å²) < 4.78 is 0. The lowest BCUT2D eigenvalue weighted by atomic mass is 9.94. The van der Waals surface area contributed by atoms with E-state index < -0.39 is 0 Å². The van der Waals surface area contributed by atoms with Crippen molar-refractivity contribution >= 4 is 22.7 Å². The lowest BCUT2D eigenvalue weighted by Crippen LogP contribution is -2.52. The number of hydrogen-bond acceptors (Lipinski definition) is 3. The first-order valence-corrected chi connectivity index (χ1v) is 10.5. The summed E-state index contributed by atoms with van der Waals surface area (Å²) in [5.41, 5.74) is 1.77. The van der Waals surface area contributed by atoms with Crippen molar-refractivity contribution in [2.45, 2.75) is 38.1 Å². The molecule has 150 valence electrons. The summed E-state index contributed by atoms with van der Waals surface area (Å²) in [5, 5.41) is 1.06. The number of carbonyl (C=O) groups excluding carboxylic acids is 2. The van der Waals surface area contributed by atoms with Crippen molar-refractivity contribution < 1.29 is 9.59 Å². The average Bonchev–Trinajstić information content (AvgIpc) is 3.21. The summed E-state index contributed by atoms with van der Waals surface area (Å²) in [5.74, 6) is 0.290. The Bertz CT molecular complexity index is 832. The van der Waals surface area contributed by atoms with E-state index in [0.29, 0.717) is 25.7 Å². The molecule has 2 aromatic rings. The van der Waals surface area contributed by atoms with Gasteiger partial charge in [-0.1, -0.05) is 19.3 Å². The quantitative estimate of drug-likeness (QED) is 0.885. The normalized spacial score (nSPS) is 19.1. The number of benzene rings is 1. The molecule has 28 heavy (non-hydrogen) atoms. The summed E-state index contributed by atoms with van der Waals surface area (Å²) in [4.78, 5) is 34.7. The highest BCUT2D eigenvalue weighted by atomic mass is 16.2. The van der Waals surface area contributed by atoms with Gasteiger partial charge in [-0.05, 0) is 37.1 Å². The maximum atomic E-state index is 12.8. The number of amides is 2. The Hall–Kier alpha value is -2.34. The summed E-state index contributed by atoms with van der Waals surface area (Å²) in [6, 6.07) is 8.18. The molecule has 6 heteroatoms. The fraction of sp³-hybridized carbons (Fsp3) is 0.545. The van der Waals surface area contributed by atoms with Gasteiger partial charge < -0.3 is 14.8 Å². The van der Waals surface area contributed by atoms with E-state index in [9.17, 15) is 9.59 Å². The van der Waals surface area contributed by atoms with Gasteiger partial charge in [-0.15, -0.1) is 0 Å². The molecule has 1 aliphatic carbocycles. The highest BCUT2D eigenvalue weighted by Crippen LogP contribution is 2.22. The number of nitrogens with zero attached hydrogens (tertiary/aromatic N) is 3. The van der Waals surface area contributed by atoms with Crippen LogP contribution in [0.2, 0.25) is 0 Å². The second-order valence-corrected chi connectivity index (χ2v) is 8.14. The van der Waals surface area contributed by atoms with E-state index in [-0.39, 0.29) is 11.8 Å². The molecule has 4 rings (SSSR count). The number of piperazine rings is 1. The first-order chi connectivity index (χ1) is 13.6. The zero-order chi connectivity index (χ0) is 19.5. The van der Waals surface area contributed by atoms with Crippen LogP contribution >= 0.6 is 0 Å². The Morgan fingerprint density at radius 3 is 2.57 bits per heavy atom. The number of nitrogens with one attached hydrogen (secondary N) is 1. The van der Waals surface area contributed by atoms with Crippen molar-refractivity contribution in [2.75, 3.05) is 39.8 Å². The lowest BCUT2D eigenvalue weighted by molar-refractivity contribution is -0.134. The smallest absolute Gasteiger partial charge is 0.253 e. The van der Waals surface area contributed by atoms with E-state index in [2.05, 4.69) is 9.88 Å². The van der Waals surface area contributed by atoms with E-state index in [1.165, 1.54) is 19.3 Å². The zero-order valence-electron chi connectivity index (χ0n) is 16.7. The van der Waals surface area contributed by atoms with Crippen LogP contribution in [0.25, 0.3) is 10.9 Å². The number of rotatable bonds is 4. The highest BCUT2D eigenvalue weighted by Gasteiger charge is 2.27. The summed E-state index contributed by atoms with van der Waals surface area (Å²) in [6.45, 7) is 3.31. The number of hydrogen-bond donors (Lipinski definition) is 1. The summed E-state index contributed by atoms with van der Waals surface area (Å²) in [7, 11) is 1.95. The largest absolute Gasteiger partial charge is 0.361 e. The molecular formula is C22H30N4O2. The van der Waals surface area contributed by atoms with E-state index >= 15 is 0 Å². The monoisotopic (exact) mass is 382 g/mol. The van der Waals surface area contributed by atoms with Gasteiger partial charge in [0.2, 0.25) is 5.91 Å². The molecule has 1 aromatic heterocycles. The van der Waals surface area contributed by atoms with E-state index in [0.717, 1.165) is 42.4 Å². The van der Waals surface area contributed by atoms with Crippen molar-refractivity contribution in [3.05, 3.63) is 36.0 Å². The first-order valence-electron chi connectivity index (χ1n) is 10.5. The predicted octanol–water partition coefficient (Wildman–Crippen LogP) is 2.72. The number of H-pyrrole nitrogens is 1.